The molecule has 0 aliphatic carbocycles. The molecule has 1 aromatic rings. The summed E-state index contributed by atoms with van der Waals surface area (Å²) in [5, 5.41) is 5.44. The number of hydrogen-bond acceptors (Lipinski definition) is 3. The molecule has 116 valence electrons. The summed E-state index contributed by atoms with van der Waals surface area (Å²) in [5.74, 6) is -0.716. The van der Waals surface area contributed by atoms with Crippen molar-refractivity contribution in [3.63, 3.8) is 0 Å². The molecule has 21 heavy (non-hydrogen) atoms. The number of nitrogens with two attached hydrogens (primary N) is 1. The summed E-state index contributed by atoms with van der Waals surface area (Å²) in [4.78, 5) is 23.8. The summed E-state index contributed by atoms with van der Waals surface area (Å²) in [6, 6.07) is 9.71. The Bertz CT molecular complexity index is 466. The Hall–Kier alpha value is -1.88. The van der Waals surface area contributed by atoms with Gasteiger partial charge in [0.2, 0.25) is 11.8 Å². The molecule has 0 radical (unpaired) electrons. The van der Waals surface area contributed by atoms with E-state index >= 15 is 0 Å². The van der Waals surface area contributed by atoms with Crippen LogP contribution in [0.2, 0.25) is 0 Å². The molecule has 1 rings (SSSR count). The lowest BCUT2D eigenvalue weighted by atomic mass is 9.98. The molecule has 0 bridgehead atoms. The maximum absolute atomic E-state index is 12.1. The molecule has 0 heterocycles. The van der Waals surface area contributed by atoms with Gasteiger partial charge < -0.3 is 16.4 Å². The monoisotopic (exact) mass is 291 g/mol. The Balaban J connectivity index is 2.47. The Kier molecular flexibility index (Phi) is 6.37. The SMILES string of the molecule is CC(C)(C)NC(=O)CNC(=O)C(CN)Cc1ccccc1. The summed E-state index contributed by atoms with van der Waals surface area (Å²) < 4.78 is 0. The maximum Gasteiger partial charge on any atom is 0.239 e. The summed E-state index contributed by atoms with van der Waals surface area (Å²) in [6.45, 7) is 5.91. The van der Waals surface area contributed by atoms with E-state index < -0.39 is 0 Å². The second kappa shape index (κ2) is 7.78. The van der Waals surface area contributed by atoms with Gasteiger partial charge in [0.05, 0.1) is 12.5 Å². The van der Waals surface area contributed by atoms with Crippen LogP contribution in [0, 0.1) is 5.92 Å². The maximum atomic E-state index is 12.1. The van der Waals surface area contributed by atoms with E-state index in [0.717, 1.165) is 5.56 Å². The zero-order chi connectivity index (χ0) is 15.9. The average Bonchev–Trinajstić information content (AvgIpc) is 2.41. The first kappa shape index (κ1) is 17.2. The van der Waals surface area contributed by atoms with Gasteiger partial charge in [-0.05, 0) is 32.8 Å². The molecule has 0 spiro atoms. The summed E-state index contributed by atoms with van der Waals surface area (Å²) in [5.41, 5.74) is 6.42. The molecule has 0 fully saturated rings. The fourth-order valence-electron chi connectivity index (χ4n) is 1.96. The van der Waals surface area contributed by atoms with Crippen molar-refractivity contribution in [3.8, 4) is 0 Å². The van der Waals surface area contributed by atoms with Crippen LogP contribution >= 0.6 is 0 Å². The molecule has 0 saturated heterocycles. The van der Waals surface area contributed by atoms with Gasteiger partial charge in [-0.2, -0.15) is 0 Å². The van der Waals surface area contributed by atoms with E-state index in [-0.39, 0.29) is 36.4 Å². The smallest absolute Gasteiger partial charge is 0.239 e. The third kappa shape index (κ3) is 6.90. The fourth-order valence-corrected chi connectivity index (χ4v) is 1.96. The van der Waals surface area contributed by atoms with Crippen molar-refractivity contribution in [2.24, 2.45) is 11.7 Å². The van der Waals surface area contributed by atoms with Crippen LogP contribution in [0.5, 0.6) is 0 Å². The van der Waals surface area contributed by atoms with E-state index in [1.54, 1.807) is 0 Å². The van der Waals surface area contributed by atoms with Crippen LogP contribution in [0.1, 0.15) is 26.3 Å². The molecule has 0 aliphatic heterocycles. The van der Waals surface area contributed by atoms with Crippen molar-refractivity contribution in [2.45, 2.75) is 32.7 Å². The number of carbonyl (C=O) groups excluding carboxylic acids is 2. The van der Waals surface area contributed by atoms with Crippen molar-refractivity contribution >= 4 is 11.8 Å². The lowest BCUT2D eigenvalue weighted by Gasteiger charge is -2.21. The molecular formula is C16H25N3O2. The zero-order valence-corrected chi connectivity index (χ0v) is 13.0. The van der Waals surface area contributed by atoms with Crippen LogP contribution < -0.4 is 16.4 Å². The van der Waals surface area contributed by atoms with Gasteiger partial charge in [0.25, 0.3) is 0 Å². The van der Waals surface area contributed by atoms with Crippen LogP contribution in [0.4, 0.5) is 0 Å². The van der Waals surface area contributed by atoms with Gasteiger partial charge in [0, 0.05) is 12.1 Å². The van der Waals surface area contributed by atoms with Crippen molar-refractivity contribution in [3.05, 3.63) is 35.9 Å². The van der Waals surface area contributed by atoms with E-state index in [2.05, 4.69) is 10.6 Å². The molecule has 4 N–H and O–H groups in total. The fraction of sp³-hybridized carbons (Fsp3) is 0.500. The van der Waals surface area contributed by atoms with Gasteiger partial charge >= 0.3 is 0 Å². The van der Waals surface area contributed by atoms with E-state index in [1.165, 1.54) is 0 Å². The number of amides is 2. The quantitative estimate of drug-likeness (QED) is 0.726. The predicted octanol–water partition coefficient (Wildman–Crippen LogP) is 0.835. The molecule has 5 heteroatoms. The molecule has 0 aliphatic rings. The Morgan fingerprint density at radius 2 is 1.81 bits per heavy atom. The van der Waals surface area contributed by atoms with Gasteiger partial charge in [-0.3, -0.25) is 9.59 Å². The molecule has 5 nitrogen and oxygen atoms in total. The van der Waals surface area contributed by atoms with Crippen LogP contribution in [-0.4, -0.2) is 30.4 Å². The zero-order valence-electron chi connectivity index (χ0n) is 13.0. The Labute approximate surface area is 126 Å². The molecule has 1 aromatic carbocycles. The number of hydrogen-bond donors (Lipinski definition) is 3. The first-order valence-electron chi connectivity index (χ1n) is 7.14. The molecule has 0 aromatic heterocycles. The van der Waals surface area contributed by atoms with Crippen LogP contribution in [0.25, 0.3) is 0 Å². The first-order valence-corrected chi connectivity index (χ1v) is 7.14. The van der Waals surface area contributed by atoms with Crippen molar-refractivity contribution in [1.29, 1.82) is 0 Å². The van der Waals surface area contributed by atoms with Gasteiger partial charge in [0.1, 0.15) is 0 Å². The highest BCUT2D eigenvalue weighted by atomic mass is 16.2. The Morgan fingerprint density at radius 3 is 2.33 bits per heavy atom. The Morgan fingerprint density at radius 1 is 1.19 bits per heavy atom. The van der Waals surface area contributed by atoms with E-state index in [1.807, 2.05) is 51.1 Å². The van der Waals surface area contributed by atoms with Gasteiger partial charge in [-0.15, -0.1) is 0 Å². The number of rotatable bonds is 6. The van der Waals surface area contributed by atoms with Crippen molar-refractivity contribution in [1.82, 2.24) is 10.6 Å². The molecule has 2 amide bonds. The minimum atomic E-state index is -0.324. The van der Waals surface area contributed by atoms with Gasteiger partial charge in [-0.25, -0.2) is 0 Å². The second-order valence-corrected chi connectivity index (χ2v) is 6.14. The van der Waals surface area contributed by atoms with Crippen LogP contribution in [-0.2, 0) is 16.0 Å². The van der Waals surface area contributed by atoms with Gasteiger partial charge in [-0.1, -0.05) is 30.3 Å². The third-order valence-electron chi connectivity index (χ3n) is 2.92. The van der Waals surface area contributed by atoms with Crippen LogP contribution in [0.15, 0.2) is 30.3 Å². The normalized spacial score (nSPS) is 12.6. The summed E-state index contributed by atoms with van der Waals surface area (Å²) >= 11 is 0. The molecule has 1 atom stereocenters. The lowest BCUT2D eigenvalue weighted by molar-refractivity contribution is -0.128. The topological polar surface area (TPSA) is 84.2 Å². The molecule has 1 unspecified atom stereocenters. The van der Waals surface area contributed by atoms with E-state index in [0.29, 0.717) is 6.42 Å². The standard InChI is InChI=1S/C16H25N3O2/c1-16(2,3)19-14(20)11-18-15(21)13(10-17)9-12-7-5-4-6-8-12/h4-8,13H,9-11,17H2,1-3H3,(H,18,21)(H,19,20). The van der Waals surface area contributed by atoms with Crippen molar-refractivity contribution < 1.29 is 9.59 Å². The highest BCUT2D eigenvalue weighted by Gasteiger charge is 2.19. The van der Waals surface area contributed by atoms with Crippen molar-refractivity contribution in [2.75, 3.05) is 13.1 Å². The summed E-state index contributed by atoms with van der Waals surface area (Å²) in [6.07, 6.45) is 0.573. The minimum Gasteiger partial charge on any atom is -0.350 e. The average molecular weight is 291 g/mol. The number of carbonyl (C=O) groups is 2. The second-order valence-electron chi connectivity index (χ2n) is 6.14. The summed E-state index contributed by atoms with van der Waals surface area (Å²) in [7, 11) is 0. The van der Waals surface area contributed by atoms with E-state index in [9.17, 15) is 9.59 Å². The molecular weight excluding hydrogens is 266 g/mol. The predicted molar refractivity (Wildman–Crippen MR) is 83.6 cm³/mol. The van der Waals surface area contributed by atoms with Gasteiger partial charge in [0.15, 0.2) is 0 Å². The highest BCUT2D eigenvalue weighted by Crippen LogP contribution is 2.08. The number of nitrogens with one attached hydrogen (secondary N) is 2. The number of benzene rings is 1. The largest absolute Gasteiger partial charge is 0.350 e. The van der Waals surface area contributed by atoms with E-state index in [4.69, 9.17) is 5.73 Å². The third-order valence-corrected chi connectivity index (χ3v) is 2.92. The van der Waals surface area contributed by atoms with Crippen LogP contribution in [0.3, 0.4) is 0 Å². The lowest BCUT2D eigenvalue weighted by Crippen LogP contribution is -2.47. The first-order chi connectivity index (χ1) is 9.81. The minimum absolute atomic E-state index is 0.0264. The highest BCUT2D eigenvalue weighted by molar-refractivity contribution is 5.86. The molecule has 0 saturated carbocycles.